The average Bonchev–Trinajstić information content (AvgIpc) is 2.66. The van der Waals surface area contributed by atoms with E-state index >= 15 is 0 Å². The number of aromatic hydroxyl groups is 4. The van der Waals surface area contributed by atoms with Crippen molar-refractivity contribution in [1.82, 2.24) is 0 Å². The first-order chi connectivity index (χ1) is 13.7. The Morgan fingerprint density at radius 2 is 1.83 bits per heavy atom. The third-order valence-electron chi connectivity index (χ3n) is 4.34. The third-order valence-corrected chi connectivity index (χ3v) is 4.34. The summed E-state index contributed by atoms with van der Waals surface area (Å²) in [4.78, 5) is 23.1. The molecule has 156 valence electrons. The average molecular weight is 405 g/mol. The van der Waals surface area contributed by atoms with Gasteiger partial charge in [0.2, 0.25) is 6.41 Å². The van der Waals surface area contributed by atoms with Crippen molar-refractivity contribution in [2.45, 2.75) is 32.8 Å². The van der Waals surface area contributed by atoms with Crippen LogP contribution in [-0.4, -0.2) is 46.0 Å². The molecule has 29 heavy (non-hydrogen) atoms. The summed E-state index contributed by atoms with van der Waals surface area (Å²) in [6.45, 7) is 3.33. The molecule has 0 radical (unpaired) electrons. The molecular weight excluding hydrogens is 382 g/mol. The lowest BCUT2D eigenvalue weighted by molar-refractivity contribution is -0.105. The van der Waals surface area contributed by atoms with Crippen LogP contribution in [0.2, 0.25) is 0 Å². The Balaban J connectivity index is 2.28. The second kappa shape index (κ2) is 9.05. The van der Waals surface area contributed by atoms with Gasteiger partial charge in [-0.15, -0.1) is 0 Å². The number of nitrogens with one attached hydrogen (secondary N) is 1. The van der Waals surface area contributed by atoms with Crippen molar-refractivity contribution in [3.05, 3.63) is 34.9 Å². The molecule has 2 aromatic rings. The third kappa shape index (κ3) is 4.63. The molecule has 1 atom stereocenters. The fourth-order valence-electron chi connectivity index (χ4n) is 2.93. The number of esters is 1. The number of amides is 1. The minimum Gasteiger partial charge on any atom is -0.508 e. The van der Waals surface area contributed by atoms with Gasteiger partial charge in [0.25, 0.3) is 0 Å². The number of rotatable bonds is 8. The first kappa shape index (κ1) is 21.7. The molecule has 1 amide bonds. The first-order valence-corrected chi connectivity index (χ1v) is 8.81. The number of aryl methyl sites for hydroxylation is 1. The number of phenols is 4. The molecule has 1 unspecified atom stereocenters. The van der Waals surface area contributed by atoms with E-state index in [1.807, 2.05) is 0 Å². The van der Waals surface area contributed by atoms with Crippen LogP contribution >= 0.6 is 0 Å². The van der Waals surface area contributed by atoms with Crippen LogP contribution in [0.25, 0.3) is 0 Å². The van der Waals surface area contributed by atoms with E-state index in [0.29, 0.717) is 18.4 Å². The summed E-state index contributed by atoms with van der Waals surface area (Å²) in [6, 6.07) is 3.54. The summed E-state index contributed by atoms with van der Waals surface area (Å²) in [5.74, 6) is -2.05. The molecule has 0 aromatic heterocycles. The van der Waals surface area contributed by atoms with Crippen molar-refractivity contribution in [3.8, 4) is 28.7 Å². The molecular formula is C20H23NO8. The van der Waals surface area contributed by atoms with E-state index in [1.165, 1.54) is 13.2 Å². The number of anilines is 1. The van der Waals surface area contributed by atoms with Gasteiger partial charge in [-0.25, -0.2) is 4.79 Å². The second-order valence-electron chi connectivity index (χ2n) is 6.34. The smallest absolute Gasteiger partial charge is 0.342 e. The zero-order chi connectivity index (χ0) is 21.7. The molecule has 0 spiro atoms. The Hall–Kier alpha value is -3.62. The minimum atomic E-state index is -0.824. The van der Waals surface area contributed by atoms with Gasteiger partial charge in [-0.3, -0.25) is 4.79 Å². The van der Waals surface area contributed by atoms with Crippen molar-refractivity contribution in [3.63, 3.8) is 0 Å². The van der Waals surface area contributed by atoms with E-state index in [-0.39, 0.29) is 46.2 Å². The molecule has 9 heteroatoms. The fourth-order valence-corrected chi connectivity index (χ4v) is 2.93. The van der Waals surface area contributed by atoms with E-state index in [0.717, 1.165) is 12.1 Å². The zero-order valence-corrected chi connectivity index (χ0v) is 16.2. The van der Waals surface area contributed by atoms with E-state index < -0.39 is 17.8 Å². The molecule has 0 aliphatic rings. The molecule has 0 aliphatic carbocycles. The predicted molar refractivity (Wildman–Crippen MR) is 104 cm³/mol. The van der Waals surface area contributed by atoms with Gasteiger partial charge < -0.3 is 35.2 Å². The maximum Gasteiger partial charge on any atom is 0.342 e. The van der Waals surface area contributed by atoms with Crippen LogP contribution < -0.4 is 10.1 Å². The van der Waals surface area contributed by atoms with Crippen molar-refractivity contribution < 1.29 is 39.5 Å². The summed E-state index contributed by atoms with van der Waals surface area (Å²) < 4.78 is 10.4. The van der Waals surface area contributed by atoms with E-state index in [9.17, 15) is 30.0 Å². The standard InChI is InChI=1S/C20H23NO8/c1-4-11-6-12(16(24)8-15(11)23)20(27)29-10(2)5-13-18(26)14(21-9-22)7-17(25)19(13)28-3/h6-10,23-26H,4-5H2,1-3H3,(H,21,22). The molecule has 5 N–H and O–H groups in total. The SMILES string of the molecule is CCc1cc(C(=O)OC(C)Cc2c(O)c(NC=O)cc(O)c2OC)c(O)cc1O. The summed E-state index contributed by atoms with van der Waals surface area (Å²) in [5.41, 5.74) is 0.457. The Labute approximate surface area is 167 Å². The maximum atomic E-state index is 12.5. The summed E-state index contributed by atoms with van der Waals surface area (Å²) in [5, 5.41) is 42.4. The molecule has 9 nitrogen and oxygen atoms in total. The number of hydrogen-bond acceptors (Lipinski definition) is 8. The number of carbonyl (C=O) groups excluding carboxylic acids is 2. The molecule has 2 aromatic carbocycles. The zero-order valence-electron chi connectivity index (χ0n) is 16.2. The molecule has 0 fully saturated rings. The number of carbonyl (C=O) groups is 2. The Morgan fingerprint density at radius 3 is 2.41 bits per heavy atom. The molecule has 0 bridgehead atoms. The van der Waals surface area contributed by atoms with Crippen molar-refractivity contribution >= 4 is 18.1 Å². The maximum absolute atomic E-state index is 12.5. The lowest BCUT2D eigenvalue weighted by atomic mass is 10.0. The van der Waals surface area contributed by atoms with Crippen LogP contribution in [0, 0.1) is 0 Å². The number of phenolic OH excluding ortho intramolecular Hbond substituents is 4. The topological polar surface area (TPSA) is 146 Å². The van der Waals surface area contributed by atoms with Gasteiger partial charge in [0, 0.05) is 24.1 Å². The predicted octanol–water partition coefficient (Wildman–Crippen LogP) is 2.44. The van der Waals surface area contributed by atoms with E-state index in [4.69, 9.17) is 9.47 Å². The largest absolute Gasteiger partial charge is 0.508 e. The van der Waals surface area contributed by atoms with Crippen LogP contribution in [0.1, 0.15) is 35.3 Å². The number of hydrogen-bond donors (Lipinski definition) is 5. The molecule has 0 aliphatic heterocycles. The summed E-state index contributed by atoms with van der Waals surface area (Å²) in [6.07, 6.45) is -0.0653. The Morgan fingerprint density at radius 1 is 1.14 bits per heavy atom. The Kier molecular flexibility index (Phi) is 6.76. The van der Waals surface area contributed by atoms with E-state index in [2.05, 4.69) is 5.32 Å². The number of benzene rings is 2. The molecule has 2 rings (SSSR count). The van der Waals surface area contributed by atoms with Crippen LogP contribution in [-0.2, 0) is 22.4 Å². The fraction of sp³-hybridized carbons (Fsp3) is 0.300. The number of methoxy groups -OCH3 is 1. The first-order valence-electron chi connectivity index (χ1n) is 8.81. The Bertz CT molecular complexity index is 925. The van der Waals surface area contributed by atoms with E-state index in [1.54, 1.807) is 13.8 Å². The quantitative estimate of drug-likeness (QED) is 0.195. The van der Waals surface area contributed by atoms with Gasteiger partial charge in [0.15, 0.2) is 11.5 Å². The molecule has 0 saturated heterocycles. The second-order valence-corrected chi connectivity index (χ2v) is 6.34. The summed E-state index contributed by atoms with van der Waals surface area (Å²) >= 11 is 0. The number of ether oxygens (including phenoxy) is 2. The van der Waals surface area contributed by atoms with Gasteiger partial charge >= 0.3 is 5.97 Å². The van der Waals surface area contributed by atoms with Crippen LogP contribution in [0.5, 0.6) is 28.7 Å². The van der Waals surface area contributed by atoms with Crippen LogP contribution in [0.3, 0.4) is 0 Å². The van der Waals surface area contributed by atoms with Crippen molar-refractivity contribution in [1.29, 1.82) is 0 Å². The molecule has 0 heterocycles. The highest BCUT2D eigenvalue weighted by molar-refractivity contribution is 5.93. The van der Waals surface area contributed by atoms with Gasteiger partial charge in [-0.1, -0.05) is 6.92 Å². The lowest BCUT2D eigenvalue weighted by Crippen LogP contribution is -2.18. The summed E-state index contributed by atoms with van der Waals surface area (Å²) in [7, 11) is 1.29. The van der Waals surface area contributed by atoms with Gasteiger partial charge in [-0.05, 0) is 25.0 Å². The van der Waals surface area contributed by atoms with Crippen LogP contribution in [0.15, 0.2) is 18.2 Å². The lowest BCUT2D eigenvalue weighted by Gasteiger charge is -2.19. The molecule has 0 saturated carbocycles. The van der Waals surface area contributed by atoms with Gasteiger partial charge in [0.1, 0.15) is 28.9 Å². The monoisotopic (exact) mass is 405 g/mol. The highest BCUT2D eigenvalue weighted by Crippen LogP contribution is 2.42. The van der Waals surface area contributed by atoms with Crippen LogP contribution in [0.4, 0.5) is 5.69 Å². The van der Waals surface area contributed by atoms with Gasteiger partial charge in [0.05, 0.1) is 12.8 Å². The van der Waals surface area contributed by atoms with Crippen molar-refractivity contribution in [2.75, 3.05) is 12.4 Å². The van der Waals surface area contributed by atoms with Gasteiger partial charge in [-0.2, -0.15) is 0 Å². The highest BCUT2D eigenvalue weighted by Gasteiger charge is 2.23. The minimum absolute atomic E-state index is 0.0254. The normalized spacial score (nSPS) is 11.6. The van der Waals surface area contributed by atoms with Crippen molar-refractivity contribution in [2.24, 2.45) is 0 Å². The highest BCUT2D eigenvalue weighted by atomic mass is 16.5.